The van der Waals surface area contributed by atoms with Gasteiger partial charge in [-0.05, 0) is 49.4 Å². The Morgan fingerprint density at radius 1 is 1.44 bits per heavy atom. The van der Waals surface area contributed by atoms with E-state index in [9.17, 15) is 4.79 Å². The van der Waals surface area contributed by atoms with Gasteiger partial charge in [-0.2, -0.15) is 0 Å². The fourth-order valence-electron chi connectivity index (χ4n) is 2.27. The molecule has 0 spiro atoms. The molecule has 0 aromatic heterocycles. The van der Waals surface area contributed by atoms with E-state index in [1.54, 1.807) is 0 Å². The van der Waals surface area contributed by atoms with Gasteiger partial charge in [-0.3, -0.25) is 4.79 Å². The number of carbonyl (C=O) groups excluding carboxylic acids is 1. The molecule has 2 rings (SSSR count). The summed E-state index contributed by atoms with van der Waals surface area (Å²) in [7, 11) is 0. The lowest BCUT2D eigenvalue weighted by molar-refractivity contribution is -0.117. The standard InChI is InChI=1S/C15H22N2O/c1-3-11(2)12-6-8-13(9-7-12)17-15(18)14-5-4-10-16-14/h6-9,11,14,16H,3-5,10H2,1-2H3,(H,17,18)/t11?,14-/m0/s1. The number of nitrogens with one attached hydrogen (secondary N) is 2. The van der Waals surface area contributed by atoms with Crippen molar-refractivity contribution in [2.45, 2.75) is 45.1 Å². The van der Waals surface area contributed by atoms with Crippen molar-refractivity contribution in [1.82, 2.24) is 5.32 Å². The first-order chi connectivity index (χ1) is 8.70. The smallest absolute Gasteiger partial charge is 0.241 e. The molecule has 1 aliphatic heterocycles. The summed E-state index contributed by atoms with van der Waals surface area (Å²) in [5.41, 5.74) is 2.22. The van der Waals surface area contributed by atoms with Gasteiger partial charge in [0.2, 0.25) is 5.91 Å². The monoisotopic (exact) mass is 246 g/mol. The lowest BCUT2D eigenvalue weighted by atomic mass is 9.98. The minimum absolute atomic E-state index is 0.0146. The van der Waals surface area contributed by atoms with Crippen LogP contribution in [0.15, 0.2) is 24.3 Å². The average Bonchev–Trinajstić information content (AvgIpc) is 2.92. The van der Waals surface area contributed by atoms with Crippen molar-refractivity contribution in [1.29, 1.82) is 0 Å². The van der Waals surface area contributed by atoms with Crippen LogP contribution in [0.3, 0.4) is 0 Å². The topological polar surface area (TPSA) is 41.1 Å². The SMILES string of the molecule is CCC(C)c1ccc(NC(=O)[C@@H]2CCCN2)cc1. The molecule has 1 aromatic carbocycles. The minimum Gasteiger partial charge on any atom is -0.325 e. The predicted octanol–water partition coefficient (Wildman–Crippen LogP) is 2.89. The van der Waals surface area contributed by atoms with Crippen LogP contribution in [0.25, 0.3) is 0 Å². The molecule has 0 aliphatic carbocycles. The van der Waals surface area contributed by atoms with Crippen LogP contribution in [0.4, 0.5) is 5.69 Å². The summed E-state index contributed by atoms with van der Waals surface area (Å²) in [6, 6.07) is 8.18. The molecule has 18 heavy (non-hydrogen) atoms. The normalized spacial score (nSPS) is 20.7. The highest BCUT2D eigenvalue weighted by atomic mass is 16.2. The minimum atomic E-state index is -0.0146. The summed E-state index contributed by atoms with van der Waals surface area (Å²) >= 11 is 0. The van der Waals surface area contributed by atoms with Crippen molar-refractivity contribution >= 4 is 11.6 Å². The zero-order chi connectivity index (χ0) is 13.0. The molecule has 0 bridgehead atoms. The first-order valence-electron chi connectivity index (χ1n) is 6.85. The third kappa shape index (κ3) is 3.10. The lowest BCUT2D eigenvalue weighted by Crippen LogP contribution is -2.35. The molecule has 0 radical (unpaired) electrons. The van der Waals surface area contributed by atoms with Gasteiger partial charge in [0.15, 0.2) is 0 Å². The maximum Gasteiger partial charge on any atom is 0.241 e. The number of benzene rings is 1. The Balaban J connectivity index is 1.95. The maximum atomic E-state index is 11.9. The molecule has 1 saturated heterocycles. The van der Waals surface area contributed by atoms with Crippen molar-refractivity contribution < 1.29 is 4.79 Å². The zero-order valence-corrected chi connectivity index (χ0v) is 11.2. The number of hydrogen-bond acceptors (Lipinski definition) is 2. The molecule has 1 heterocycles. The Morgan fingerprint density at radius 2 is 2.17 bits per heavy atom. The van der Waals surface area contributed by atoms with E-state index in [-0.39, 0.29) is 11.9 Å². The number of amides is 1. The highest BCUT2D eigenvalue weighted by Gasteiger charge is 2.21. The molecule has 3 heteroatoms. The van der Waals surface area contributed by atoms with Gasteiger partial charge < -0.3 is 10.6 Å². The number of hydrogen-bond donors (Lipinski definition) is 2. The predicted molar refractivity (Wildman–Crippen MR) is 74.8 cm³/mol. The van der Waals surface area contributed by atoms with Gasteiger partial charge in [-0.15, -0.1) is 0 Å². The van der Waals surface area contributed by atoms with E-state index in [2.05, 4.69) is 36.6 Å². The zero-order valence-electron chi connectivity index (χ0n) is 11.2. The second-order valence-corrected chi connectivity index (χ2v) is 5.07. The van der Waals surface area contributed by atoms with E-state index >= 15 is 0 Å². The molecule has 3 nitrogen and oxygen atoms in total. The van der Waals surface area contributed by atoms with Crippen molar-refractivity contribution in [3.05, 3.63) is 29.8 Å². The lowest BCUT2D eigenvalue weighted by Gasteiger charge is -2.13. The van der Waals surface area contributed by atoms with Gasteiger partial charge in [0.1, 0.15) is 0 Å². The Labute approximate surface area is 109 Å². The highest BCUT2D eigenvalue weighted by molar-refractivity contribution is 5.95. The van der Waals surface area contributed by atoms with Crippen LogP contribution in [-0.2, 0) is 4.79 Å². The van der Waals surface area contributed by atoms with Gasteiger partial charge in [0.25, 0.3) is 0 Å². The van der Waals surface area contributed by atoms with E-state index in [1.165, 1.54) is 5.56 Å². The molecule has 0 saturated carbocycles. The van der Waals surface area contributed by atoms with Crippen molar-refractivity contribution in [2.24, 2.45) is 0 Å². The van der Waals surface area contributed by atoms with Crippen molar-refractivity contribution in [2.75, 3.05) is 11.9 Å². The summed E-state index contributed by atoms with van der Waals surface area (Å²) in [5.74, 6) is 0.662. The highest BCUT2D eigenvalue weighted by Crippen LogP contribution is 2.20. The van der Waals surface area contributed by atoms with Crippen molar-refractivity contribution in [3.8, 4) is 0 Å². The Bertz CT molecular complexity index is 393. The fraction of sp³-hybridized carbons (Fsp3) is 0.533. The number of anilines is 1. The van der Waals surface area contributed by atoms with Gasteiger partial charge in [-0.1, -0.05) is 26.0 Å². The first kappa shape index (κ1) is 13.1. The molecule has 2 N–H and O–H groups in total. The molecule has 1 unspecified atom stereocenters. The second-order valence-electron chi connectivity index (χ2n) is 5.07. The summed E-state index contributed by atoms with van der Waals surface area (Å²) in [5, 5.41) is 6.17. The summed E-state index contributed by atoms with van der Waals surface area (Å²) in [6.07, 6.45) is 3.17. The third-order valence-electron chi connectivity index (χ3n) is 3.74. The van der Waals surface area contributed by atoms with Crippen LogP contribution >= 0.6 is 0 Å². The molecular weight excluding hydrogens is 224 g/mol. The molecule has 2 atom stereocenters. The van der Waals surface area contributed by atoms with E-state index in [1.807, 2.05) is 12.1 Å². The van der Waals surface area contributed by atoms with E-state index in [0.717, 1.165) is 31.5 Å². The third-order valence-corrected chi connectivity index (χ3v) is 3.74. The quantitative estimate of drug-likeness (QED) is 0.857. The van der Waals surface area contributed by atoms with Crippen LogP contribution in [0, 0.1) is 0 Å². The van der Waals surface area contributed by atoms with Gasteiger partial charge in [-0.25, -0.2) is 0 Å². The van der Waals surface area contributed by atoms with Gasteiger partial charge >= 0.3 is 0 Å². The summed E-state index contributed by atoms with van der Waals surface area (Å²) in [6.45, 7) is 5.35. The van der Waals surface area contributed by atoms with E-state index in [4.69, 9.17) is 0 Å². The molecule has 1 amide bonds. The maximum absolute atomic E-state index is 11.9. The van der Waals surface area contributed by atoms with Gasteiger partial charge in [0, 0.05) is 5.69 Å². The van der Waals surface area contributed by atoms with E-state index < -0.39 is 0 Å². The Morgan fingerprint density at radius 3 is 2.72 bits per heavy atom. The van der Waals surface area contributed by atoms with Crippen molar-refractivity contribution in [3.63, 3.8) is 0 Å². The van der Waals surface area contributed by atoms with Gasteiger partial charge in [0.05, 0.1) is 6.04 Å². The Hall–Kier alpha value is -1.35. The first-order valence-corrected chi connectivity index (χ1v) is 6.85. The Kier molecular flexibility index (Phi) is 4.37. The van der Waals surface area contributed by atoms with Crippen LogP contribution in [0.5, 0.6) is 0 Å². The molecule has 1 aromatic rings. The summed E-state index contributed by atoms with van der Waals surface area (Å²) in [4.78, 5) is 11.9. The van der Waals surface area contributed by atoms with Crippen LogP contribution < -0.4 is 10.6 Å². The van der Waals surface area contributed by atoms with Crippen LogP contribution in [-0.4, -0.2) is 18.5 Å². The van der Waals surface area contributed by atoms with Crippen LogP contribution in [0.1, 0.15) is 44.6 Å². The number of carbonyl (C=O) groups is 1. The fourth-order valence-corrected chi connectivity index (χ4v) is 2.27. The second kappa shape index (κ2) is 6.01. The van der Waals surface area contributed by atoms with E-state index in [0.29, 0.717) is 5.92 Å². The van der Waals surface area contributed by atoms with Crippen LogP contribution in [0.2, 0.25) is 0 Å². The largest absolute Gasteiger partial charge is 0.325 e. The molecular formula is C15H22N2O. The number of rotatable bonds is 4. The average molecular weight is 246 g/mol. The molecule has 1 aliphatic rings. The summed E-state index contributed by atoms with van der Waals surface area (Å²) < 4.78 is 0. The molecule has 98 valence electrons. The molecule has 1 fully saturated rings.